The van der Waals surface area contributed by atoms with Crippen LogP contribution in [-0.2, 0) is 0 Å². The van der Waals surface area contributed by atoms with Crippen molar-refractivity contribution in [1.82, 2.24) is 9.97 Å². The van der Waals surface area contributed by atoms with Crippen molar-refractivity contribution in [3.05, 3.63) is 63.2 Å². The van der Waals surface area contributed by atoms with Crippen LogP contribution in [0.25, 0.3) is 6.08 Å². The van der Waals surface area contributed by atoms with Gasteiger partial charge in [0.2, 0.25) is 0 Å². The van der Waals surface area contributed by atoms with Gasteiger partial charge in [-0.05, 0) is 37.0 Å². The summed E-state index contributed by atoms with van der Waals surface area (Å²) in [6.07, 6.45) is 8.52. The molecule has 0 aliphatic carbocycles. The van der Waals surface area contributed by atoms with E-state index in [2.05, 4.69) is 52.0 Å². The highest BCUT2D eigenvalue weighted by atomic mass is 32.2. The third-order valence-electron chi connectivity index (χ3n) is 3.38. The molecule has 2 unspecified atom stereocenters. The third kappa shape index (κ3) is 2.86. The maximum atomic E-state index is 4.48. The molecule has 0 fully saturated rings. The minimum atomic E-state index is 0.407. The van der Waals surface area contributed by atoms with E-state index in [4.69, 9.17) is 0 Å². The maximum absolute atomic E-state index is 4.48. The van der Waals surface area contributed by atoms with E-state index in [0.717, 1.165) is 16.4 Å². The number of nitrogens with zero attached hydrogens (tertiary/aromatic N) is 2. The van der Waals surface area contributed by atoms with Crippen molar-refractivity contribution in [3.63, 3.8) is 0 Å². The van der Waals surface area contributed by atoms with Crippen LogP contribution in [-0.4, -0.2) is 15.2 Å². The van der Waals surface area contributed by atoms with Gasteiger partial charge in [-0.25, -0.2) is 4.98 Å². The largest absolute Gasteiger partial charge is 0.261 e. The zero-order valence-corrected chi connectivity index (χ0v) is 13.1. The van der Waals surface area contributed by atoms with Gasteiger partial charge in [0.15, 0.2) is 0 Å². The molecule has 0 spiro atoms. The third-order valence-corrected chi connectivity index (χ3v) is 5.25. The monoisotopic (exact) mass is 300 g/mol. The summed E-state index contributed by atoms with van der Waals surface area (Å²) in [5.41, 5.74) is 3.49. The quantitative estimate of drug-likeness (QED) is 0.829. The lowest BCUT2D eigenvalue weighted by Crippen LogP contribution is -2.09. The van der Waals surface area contributed by atoms with Crippen molar-refractivity contribution in [2.45, 2.75) is 25.0 Å². The molecule has 2 aromatic heterocycles. The molecule has 2 nitrogen and oxygen atoms in total. The number of thioether (sulfide) groups is 1. The van der Waals surface area contributed by atoms with Gasteiger partial charge < -0.3 is 0 Å². The second-order valence-electron chi connectivity index (χ2n) is 4.78. The van der Waals surface area contributed by atoms with Crippen molar-refractivity contribution in [2.75, 3.05) is 0 Å². The van der Waals surface area contributed by atoms with Gasteiger partial charge in [-0.2, -0.15) is 0 Å². The van der Waals surface area contributed by atoms with Gasteiger partial charge in [0.05, 0.1) is 10.7 Å². The Bertz CT molecular complexity index is 658. The van der Waals surface area contributed by atoms with Crippen molar-refractivity contribution >= 4 is 29.2 Å². The van der Waals surface area contributed by atoms with Crippen LogP contribution < -0.4 is 0 Å². The topological polar surface area (TPSA) is 25.8 Å². The first-order valence-electron chi connectivity index (χ1n) is 6.58. The van der Waals surface area contributed by atoms with E-state index in [1.165, 1.54) is 5.56 Å². The number of aryl methyl sites for hydroxylation is 2. The highest BCUT2D eigenvalue weighted by Gasteiger charge is 2.24. The van der Waals surface area contributed by atoms with E-state index in [9.17, 15) is 0 Å². The predicted octanol–water partition coefficient (Wildman–Crippen LogP) is 4.58. The molecule has 20 heavy (non-hydrogen) atoms. The summed E-state index contributed by atoms with van der Waals surface area (Å²) >= 11 is 3.55. The first-order valence-corrected chi connectivity index (χ1v) is 8.40. The standard InChI is InChI=1S/C16H16N2S2/c1-11-14(4-3-8-17-11)15-7-9-19-16(15)6-5-13-10-20-12(2)18-13/h3-10,15-16H,1-2H3. The lowest BCUT2D eigenvalue weighted by atomic mass is 9.94. The maximum Gasteiger partial charge on any atom is 0.0901 e. The van der Waals surface area contributed by atoms with Crippen LogP contribution in [0.1, 0.15) is 27.9 Å². The number of aromatic nitrogens is 2. The molecule has 2 atom stereocenters. The van der Waals surface area contributed by atoms with Crippen LogP contribution in [0, 0.1) is 13.8 Å². The molecule has 0 bridgehead atoms. The summed E-state index contributed by atoms with van der Waals surface area (Å²) < 4.78 is 0. The molecule has 0 saturated carbocycles. The van der Waals surface area contributed by atoms with E-state index in [0.29, 0.717) is 11.2 Å². The minimum Gasteiger partial charge on any atom is -0.261 e. The first kappa shape index (κ1) is 13.6. The number of thiazole rings is 1. The van der Waals surface area contributed by atoms with Crippen molar-refractivity contribution in [2.24, 2.45) is 0 Å². The Labute approximate surface area is 127 Å². The lowest BCUT2D eigenvalue weighted by Gasteiger charge is -2.16. The molecule has 0 N–H and O–H groups in total. The fourth-order valence-corrected chi connectivity index (χ4v) is 3.96. The van der Waals surface area contributed by atoms with E-state index >= 15 is 0 Å². The fourth-order valence-electron chi connectivity index (χ4n) is 2.36. The molecule has 0 aromatic carbocycles. The van der Waals surface area contributed by atoms with Gasteiger partial charge in [-0.3, -0.25) is 4.98 Å². The van der Waals surface area contributed by atoms with Gasteiger partial charge >= 0.3 is 0 Å². The van der Waals surface area contributed by atoms with Crippen molar-refractivity contribution in [3.8, 4) is 0 Å². The van der Waals surface area contributed by atoms with Gasteiger partial charge in [0, 0.05) is 28.4 Å². The van der Waals surface area contributed by atoms with Crippen LogP contribution in [0.5, 0.6) is 0 Å². The molecular weight excluding hydrogens is 284 g/mol. The van der Waals surface area contributed by atoms with Crippen LogP contribution in [0.2, 0.25) is 0 Å². The number of hydrogen-bond acceptors (Lipinski definition) is 4. The molecule has 4 heteroatoms. The van der Waals surface area contributed by atoms with Gasteiger partial charge in [-0.1, -0.05) is 18.2 Å². The van der Waals surface area contributed by atoms with Crippen LogP contribution in [0.15, 0.2) is 41.3 Å². The molecular formula is C16H16N2S2. The van der Waals surface area contributed by atoms with E-state index in [1.54, 1.807) is 11.3 Å². The van der Waals surface area contributed by atoms with Gasteiger partial charge in [-0.15, -0.1) is 23.1 Å². The normalized spacial score (nSPS) is 21.9. The Morgan fingerprint density at radius 3 is 2.95 bits per heavy atom. The average molecular weight is 300 g/mol. The Morgan fingerprint density at radius 1 is 1.30 bits per heavy atom. The Kier molecular flexibility index (Phi) is 4.03. The van der Waals surface area contributed by atoms with Crippen LogP contribution in [0.4, 0.5) is 0 Å². The van der Waals surface area contributed by atoms with Crippen LogP contribution >= 0.6 is 23.1 Å². The summed E-state index contributed by atoms with van der Waals surface area (Å²) in [6.45, 7) is 4.12. The van der Waals surface area contributed by atoms with Gasteiger partial charge in [0.1, 0.15) is 0 Å². The van der Waals surface area contributed by atoms with Crippen molar-refractivity contribution < 1.29 is 0 Å². The highest BCUT2D eigenvalue weighted by Crippen LogP contribution is 2.39. The lowest BCUT2D eigenvalue weighted by molar-refractivity contribution is 0.873. The predicted molar refractivity (Wildman–Crippen MR) is 88.1 cm³/mol. The Hall–Kier alpha value is -1.39. The Morgan fingerprint density at radius 2 is 2.20 bits per heavy atom. The SMILES string of the molecule is Cc1nc(C=CC2SC=CC2c2cccnc2C)cs1. The smallest absolute Gasteiger partial charge is 0.0901 e. The second kappa shape index (κ2) is 5.94. The summed E-state index contributed by atoms with van der Waals surface area (Å²) in [4.78, 5) is 8.88. The molecule has 0 radical (unpaired) electrons. The van der Waals surface area contributed by atoms with E-state index in [-0.39, 0.29) is 0 Å². The van der Waals surface area contributed by atoms with E-state index in [1.807, 2.05) is 30.9 Å². The number of allylic oxidation sites excluding steroid dienone is 1. The second-order valence-corrected chi connectivity index (χ2v) is 6.93. The number of hydrogen-bond donors (Lipinski definition) is 0. The first-order chi connectivity index (χ1) is 9.74. The zero-order chi connectivity index (χ0) is 13.9. The summed E-state index contributed by atoms with van der Waals surface area (Å²) in [5.74, 6) is 0.407. The Balaban J connectivity index is 1.80. The summed E-state index contributed by atoms with van der Waals surface area (Å²) in [7, 11) is 0. The summed E-state index contributed by atoms with van der Waals surface area (Å²) in [5, 5.41) is 5.84. The zero-order valence-electron chi connectivity index (χ0n) is 11.5. The van der Waals surface area contributed by atoms with Gasteiger partial charge in [0.25, 0.3) is 0 Å². The number of rotatable bonds is 3. The summed E-state index contributed by atoms with van der Waals surface area (Å²) in [6, 6.07) is 4.20. The fraction of sp³-hybridized carbons (Fsp3) is 0.250. The highest BCUT2D eigenvalue weighted by molar-refractivity contribution is 8.03. The van der Waals surface area contributed by atoms with Crippen LogP contribution in [0.3, 0.4) is 0 Å². The molecule has 1 aliphatic heterocycles. The van der Waals surface area contributed by atoms with E-state index < -0.39 is 0 Å². The number of pyridine rings is 1. The molecule has 0 amide bonds. The van der Waals surface area contributed by atoms with Crippen molar-refractivity contribution in [1.29, 1.82) is 0 Å². The molecule has 102 valence electrons. The minimum absolute atomic E-state index is 0.407. The molecule has 0 saturated heterocycles. The molecule has 1 aliphatic rings. The molecule has 3 heterocycles. The average Bonchev–Trinajstić information content (AvgIpc) is 3.06. The molecule has 3 rings (SSSR count). The molecule has 2 aromatic rings.